The number of carboxylic acids is 3. The smallest absolute Gasteiger partial charge is 0.351 e. The molecule has 0 aromatic carbocycles. The average molecular weight is 385 g/mol. The molecule has 10 nitrogen and oxygen atoms in total. The summed E-state index contributed by atoms with van der Waals surface area (Å²) in [6.07, 6.45) is 4.16. The van der Waals surface area contributed by atoms with Crippen LogP contribution in [-0.4, -0.2) is 86.3 Å². The van der Waals surface area contributed by atoms with Gasteiger partial charge >= 0.3 is 17.9 Å². The highest BCUT2D eigenvalue weighted by molar-refractivity contribution is 6.04. The lowest BCUT2D eigenvalue weighted by atomic mass is 9.90. The molecule has 2 unspecified atom stereocenters. The van der Waals surface area contributed by atoms with E-state index in [4.69, 9.17) is 0 Å². The summed E-state index contributed by atoms with van der Waals surface area (Å²) >= 11 is 0. The SMILES string of the molecule is CCCCNC(=O)CN1C2CCCCC2N(CC(=O)O)C1(C(=O)O)C(=O)O. The molecule has 10 heteroatoms. The van der Waals surface area contributed by atoms with Crippen LogP contribution in [0.1, 0.15) is 45.4 Å². The van der Waals surface area contributed by atoms with E-state index in [9.17, 15) is 34.5 Å². The Balaban J connectivity index is 2.42. The van der Waals surface area contributed by atoms with Gasteiger partial charge < -0.3 is 20.6 Å². The Morgan fingerprint density at radius 3 is 1.93 bits per heavy atom. The summed E-state index contributed by atoms with van der Waals surface area (Å²) in [4.78, 5) is 50.2. The quantitative estimate of drug-likeness (QED) is 0.312. The van der Waals surface area contributed by atoms with Gasteiger partial charge in [-0.15, -0.1) is 0 Å². The highest BCUT2D eigenvalue weighted by Gasteiger charge is 2.67. The number of amides is 1. The first-order valence-corrected chi connectivity index (χ1v) is 9.25. The summed E-state index contributed by atoms with van der Waals surface area (Å²) < 4.78 is 0. The third-order valence-corrected chi connectivity index (χ3v) is 5.39. The van der Waals surface area contributed by atoms with Crippen molar-refractivity contribution in [3.05, 3.63) is 0 Å². The first-order chi connectivity index (χ1) is 12.8. The zero-order chi connectivity index (χ0) is 20.2. The van der Waals surface area contributed by atoms with E-state index in [1.807, 2.05) is 6.92 Å². The first kappa shape index (κ1) is 21.1. The van der Waals surface area contributed by atoms with E-state index in [0.717, 1.165) is 30.6 Å². The fraction of sp³-hybridized carbons (Fsp3) is 0.765. The Hall–Kier alpha value is -2.20. The second-order valence-corrected chi connectivity index (χ2v) is 7.05. The van der Waals surface area contributed by atoms with Gasteiger partial charge in [0.15, 0.2) is 0 Å². The number of carbonyl (C=O) groups is 4. The molecule has 0 aromatic heterocycles. The van der Waals surface area contributed by atoms with Crippen LogP contribution >= 0.6 is 0 Å². The zero-order valence-electron chi connectivity index (χ0n) is 15.4. The largest absolute Gasteiger partial charge is 0.480 e. The van der Waals surface area contributed by atoms with Crippen LogP contribution in [0.5, 0.6) is 0 Å². The molecule has 1 amide bonds. The molecule has 2 fully saturated rings. The standard InChI is InChI=1S/C17H27N3O7/c1-2-3-8-18-13(21)9-19-11-6-4-5-7-12(11)20(10-14(22)23)17(19,15(24)25)16(26)27/h11-12H,2-10H2,1H3,(H,18,21)(H,22,23)(H,24,25)(H,26,27). The first-order valence-electron chi connectivity index (χ1n) is 9.25. The minimum absolute atomic E-state index is 0.403. The normalized spacial score (nSPS) is 24.9. The third-order valence-electron chi connectivity index (χ3n) is 5.39. The van der Waals surface area contributed by atoms with Crippen molar-refractivity contribution in [1.82, 2.24) is 15.1 Å². The molecule has 152 valence electrons. The monoisotopic (exact) mass is 385 g/mol. The molecule has 1 heterocycles. The molecule has 2 rings (SSSR count). The predicted octanol–water partition coefficient (Wildman–Crippen LogP) is -0.218. The molecule has 1 saturated carbocycles. The second-order valence-electron chi connectivity index (χ2n) is 7.05. The van der Waals surface area contributed by atoms with Crippen LogP contribution < -0.4 is 5.32 Å². The number of unbranched alkanes of at least 4 members (excludes halogenated alkanes) is 1. The lowest BCUT2D eigenvalue weighted by Crippen LogP contribution is -2.67. The molecule has 2 atom stereocenters. The van der Waals surface area contributed by atoms with Crippen LogP contribution in [0.3, 0.4) is 0 Å². The van der Waals surface area contributed by atoms with Gasteiger partial charge in [0.1, 0.15) is 0 Å². The fourth-order valence-electron chi connectivity index (χ4n) is 4.27. The number of rotatable bonds is 9. The van der Waals surface area contributed by atoms with Gasteiger partial charge in [-0.2, -0.15) is 0 Å². The maximum Gasteiger partial charge on any atom is 0.351 e. The van der Waals surface area contributed by atoms with E-state index in [-0.39, 0.29) is 0 Å². The van der Waals surface area contributed by atoms with Crippen LogP contribution in [0.15, 0.2) is 0 Å². The van der Waals surface area contributed by atoms with Crippen LogP contribution in [0.4, 0.5) is 0 Å². The summed E-state index contributed by atoms with van der Waals surface area (Å²) in [5, 5.41) is 31.7. The molecule has 1 saturated heterocycles. The molecule has 0 spiro atoms. The van der Waals surface area contributed by atoms with Gasteiger partial charge in [-0.25, -0.2) is 9.59 Å². The van der Waals surface area contributed by atoms with Crippen molar-refractivity contribution in [3.8, 4) is 0 Å². The summed E-state index contributed by atoms with van der Waals surface area (Å²) in [6.45, 7) is 1.26. The fourth-order valence-corrected chi connectivity index (χ4v) is 4.27. The second kappa shape index (κ2) is 8.66. The highest BCUT2D eigenvalue weighted by Crippen LogP contribution is 2.42. The maximum absolute atomic E-state index is 12.3. The molecular weight excluding hydrogens is 358 g/mol. The minimum atomic E-state index is -2.57. The van der Waals surface area contributed by atoms with Crippen LogP contribution in [-0.2, 0) is 19.2 Å². The molecule has 4 N–H and O–H groups in total. The van der Waals surface area contributed by atoms with Gasteiger partial charge in [0.25, 0.3) is 5.66 Å². The van der Waals surface area contributed by atoms with Crippen molar-refractivity contribution < 1.29 is 34.5 Å². The van der Waals surface area contributed by atoms with Gasteiger partial charge in [0.05, 0.1) is 13.1 Å². The van der Waals surface area contributed by atoms with E-state index in [2.05, 4.69) is 5.32 Å². The molecule has 0 radical (unpaired) electrons. The van der Waals surface area contributed by atoms with Crippen molar-refractivity contribution in [2.45, 2.75) is 63.2 Å². The van der Waals surface area contributed by atoms with E-state index in [1.165, 1.54) is 4.90 Å². The Morgan fingerprint density at radius 2 is 1.48 bits per heavy atom. The van der Waals surface area contributed by atoms with Crippen molar-refractivity contribution in [2.75, 3.05) is 19.6 Å². The maximum atomic E-state index is 12.3. The van der Waals surface area contributed by atoms with Gasteiger partial charge in [0.2, 0.25) is 5.91 Å². The summed E-state index contributed by atoms with van der Waals surface area (Å²) in [7, 11) is 0. The summed E-state index contributed by atoms with van der Waals surface area (Å²) in [5.74, 6) is -5.11. The predicted molar refractivity (Wildman–Crippen MR) is 93.0 cm³/mol. The van der Waals surface area contributed by atoms with E-state index < -0.39 is 54.7 Å². The molecule has 27 heavy (non-hydrogen) atoms. The van der Waals surface area contributed by atoms with Gasteiger partial charge in [-0.3, -0.25) is 19.4 Å². The van der Waals surface area contributed by atoms with E-state index >= 15 is 0 Å². The average Bonchev–Trinajstić information content (AvgIpc) is 2.86. The number of carboxylic acid groups (broad SMARTS) is 3. The lowest BCUT2D eigenvalue weighted by Gasteiger charge is -2.36. The summed E-state index contributed by atoms with van der Waals surface area (Å²) in [6, 6.07) is -1.03. The molecule has 0 bridgehead atoms. The molecule has 2 aliphatic rings. The highest BCUT2D eigenvalue weighted by atomic mass is 16.4. The third kappa shape index (κ3) is 3.91. The molecule has 0 aromatic rings. The Kier molecular flexibility index (Phi) is 6.77. The number of nitrogens with zero attached hydrogens (tertiary/aromatic N) is 2. The summed E-state index contributed by atoms with van der Waals surface area (Å²) in [5.41, 5.74) is -2.57. The molecule has 1 aliphatic heterocycles. The van der Waals surface area contributed by atoms with Gasteiger partial charge in [0, 0.05) is 18.6 Å². The minimum Gasteiger partial charge on any atom is -0.480 e. The van der Waals surface area contributed by atoms with Crippen molar-refractivity contribution >= 4 is 23.8 Å². The Labute approximate surface area is 157 Å². The number of aliphatic carboxylic acids is 3. The topological polar surface area (TPSA) is 147 Å². The van der Waals surface area contributed by atoms with Crippen molar-refractivity contribution in [2.24, 2.45) is 0 Å². The number of hydrogen-bond acceptors (Lipinski definition) is 6. The molecular formula is C17H27N3O7. The van der Waals surface area contributed by atoms with Gasteiger partial charge in [-0.1, -0.05) is 26.2 Å². The Bertz CT molecular complexity index is 595. The Morgan fingerprint density at radius 1 is 0.963 bits per heavy atom. The van der Waals surface area contributed by atoms with Crippen molar-refractivity contribution in [3.63, 3.8) is 0 Å². The van der Waals surface area contributed by atoms with Crippen LogP contribution in [0.25, 0.3) is 0 Å². The molecule has 1 aliphatic carbocycles. The van der Waals surface area contributed by atoms with Crippen LogP contribution in [0.2, 0.25) is 0 Å². The van der Waals surface area contributed by atoms with E-state index in [0.29, 0.717) is 19.4 Å². The number of hydrogen-bond donors (Lipinski definition) is 4. The lowest BCUT2D eigenvalue weighted by molar-refractivity contribution is -0.180. The van der Waals surface area contributed by atoms with Crippen molar-refractivity contribution in [1.29, 1.82) is 0 Å². The number of carbonyl (C=O) groups excluding carboxylic acids is 1. The number of nitrogens with one attached hydrogen (secondary N) is 1. The van der Waals surface area contributed by atoms with Gasteiger partial charge in [-0.05, 0) is 19.3 Å². The number of fused-ring (bicyclic) bond motifs is 1. The zero-order valence-corrected chi connectivity index (χ0v) is 15.4. The van der Waals surface area contributed by atoms with E-state index in [1.54, 1.807) is 0 Å². The van der Waals surface area contributed by atoms with Crippen LogP contribution in [0, 0.1) is 0 Å².